The molecule has 0 aromatic heterocycles. The first-order valence-electron chi connectivity index (χ1n) is 12.0. The maximum absolute atomic E-state index is 13.3. The second-order valence-electron chi connectivity index (χ2n) is 9.73. The van der Waals surface area contributed by atoms with Crippen molar-refractivity contribution in [2.24, 2.45) is 11.8 Å². The van der Waals surface area contributed by atoms with Crippen LogP contribution in [0.5, 0.6) is 5.75 Å². The van der Waals surface area contributed by atoms with Crippen LogP contribution >= 0.6 is 11.6 Å². The lowest BCUT2D eigenvalue weighted by molar-refractivity contribution is -0.131. The van der Waals surface area contributed by atoms with Crippen LogP contribution < -0.4 is 20.7 Å². The van der Waals surface area contributed by atoms with Crippen LogP contribution in [0.15, 0.2) is 48.5 Å². The number of carbonyl (C=O) groups excluding carboxylic acids is 3. The molecule has 1 aliphatic rings. The first kappa shape index (κ1) is 26.5. The first-order valence-corrected chi connectivity index (χ1v) is 12.4. The van der Waals surface area contributed by atoms with Crippen LogP contribution in [-0.2, 0) is 16.0 Å². The van der Waals surface area contributed by atoms with E-state index in [1.807, 2.05) is 58.0 Å². The first-order chi connectivity index (χ1) is 16.6. The number of fused-ring (bicyclic) bond motifs is 1. The van der Waals surface area contributed by atoms with E-state index >= 15 is 0 Å². The van der Waals surface area contributed by atoms with Crippen LogP contribution in [0.25, 0.3) is 0 Å². The number of hydrogen-bond acceptors (Lipinski definition) is 4. The van der Waals surface area contributed by atoms with E-state index in [0.717, 1.165) is 5.56 Å². The van der Waals surface area contributed by atoms with E-state index < -0.39 is 29.9 Å². The molecule has 3 rings (SSSR count). The molecule has 0 fully saturated rings. The van der Waals surface area contributed by atoms with Gasteiger partial charge in [0, 0.05) is 5.02 Å². The van der Waals surface area contributed by atoms with Gasteiger partial charge in [-0.2, -0.15) is 0 Å². The maximum atomic E-state index is 13.3. The molecular formula is C27H34ClN3O4. The highest BCUT2D eigenvalue weighted by Crippen LogP contribution is 2.25. The summed E-state index contributed by atoms with van der Waals surface area (Å²) in [5, 5.41) is 9.17. The second-order valence-corrected chi connectivity index (χ2v) is 10.2. The van der Waals surface area contributed by atoms with Gasteiger partial charge in [-0.1, -0.05) is 69.6 Å². The zero-order valence-corrected chi connectivity index (χ0v) is 21.4. The Morgan fingerprint density at radius 2 is 1.66 bits per heavy atom. The van der Waals surface area contributed by atoms with Crippen molar-refractivity contribution in [3.05, 3.63) is 64.7 Å². The fraction of sp³-hybridized carbons (Fsp3) is 0.444. The number of hydrogen-bond donors (Lipinski definition) is 3. The molecule has 8 heteroatoms. The normalized spacial score (nSPS) is 21.6. The molecule has 0 spiro atoms. The molecular weight excluding hydrogens is 466 g/mol. The molecule has 2 aromatic carbocycles. The Kier molecular flexibility index (Phi) is 9.15. The van der Waals surface area contributed by atoms with Crippen LogP contribution in [0.2, 0.25) is 5.02 Å². The Bertz CT molecular complexity index is 1040. The van der Waals surface area contributed by atoms with Crippen LogP contribution in [0.4, 0.5) is 0 Å². The molecule has 7 nitrogen and oxygen atoms in total. The third kappa shape index (κ3) is 7.46. The van der Waals surface area contributed by atoms with Crippen molar-refractivity contribution < 1.29 is 19.1 Å². The summed E-state index contributed by atoms with van der Waals surface area (Å²) in [6.07, 6.45) is 0.983. The van der Waals surface area contributed by atoms with Crippen molar-refractivity contribution in [3.8, 4) is 5.75 Å². The summed E-state index contributed by atoms with van der Waals surface area (Å²) in [6.45, 7) is 7.79. The van der Waals surface area contributed by atoms with Gasteiger partial charge < -0.3 is 20.7 Å². The molecule has 3 amide bonds. The van der Waals surface area contributed by atoms with Gasteiger partial charge >= 0.3 is 0 Å². The monoisotopic (exact) mass is 499 g/mol. The topological polar surface area (TPSA) is 96.5 Å². The summed E-state index contributed by atoms with van der Waals surface area (Å²) < 4.78 is 6.06. The zero-order valence-electron chi connectivity index (χ0n) is 20.6. The molecule has 1 heterocycles. The molecule has 0 saturated heterocycles. The molecule has 0 bridgehead atoms. The molecule has 0 saturated carbocycles. The maximum Gasteiger partial charge on any atom is 0.255 e. The fourth-order valence-electron chi connectivity index (χ4n) is 4.06. The van der Waals surface area contributed by atoms with Gasteiger partial charge in [-0.05, 0) is 48.4 Å². The van der Waals surface area contributed by atoms with Gasteiger partial charge in [0.05, 0.1) is 11.6 Å². The lowest BCUT2D eigenvalue weighted by Crippen LogP contribution is -2.56. The van der Waals surface area contributed by atoms with Gasteiger partial charge in [0.2, 0.25) is 11.8 Å². The summed E-state index contributed by atoms with van der Waals surface area (Å²) >= 11 is 6.19. The van der Waals surface area contributed by atoms with E-state index in [1.165, 1.54) is 0 Å². The van der Waals surface area contributed by atoms with Crippen molar-refractivity contribution in [1.29, 1.82) is 0 Å². The smallest absolute Gasteiger partial charge is 0.255 e. The number of amides is 3. The predicted octanol–water partition coefficient (Wildman–Crippen LogP) is 3.75. The quantitative estimate of drug-likeness (QED) is 0.583. The Morgan fingerprint density at radius 3 is 2.31 bits per heavy atom. The molecule has 2 aromatic rings. The molecule has 35 heavy (non-hydrogen) atoms. The summed E-state index contributed by atoms with van der Waals surface area (Å²) in [4.78, 5) is 39.7. The Hall–Kier alpha value is -3.06. The van der Waals surface area contributed by atoms with E-state index in [1.54, 1.807) is 18.2 Å². The molecule has 1 aliphatic heterocycles. The van der Waals surface area contributed by atoms with Crippen molar-refractivity contribution >= 4 is 29.3 Å². The van der Waals surface area contributed by atoms with E-state index in [9.17, 15) is 14.4 Å². The fourth-order valence-corrected chi connectivity index (χ4v) is 4.23. The number of benzene rings is 2. The Morgan fingerprint density at radius 1 is 0.943 bits per heavy atom. The van der Waals surface area contributed by atoms with Crippen LogP contribution in [0.1, 0.15) is 50.0 Å². The Balaban J connectivity index is 1.99. The Labute approximate surface area is 212 Å². The van der Waals surface area contributed by atoms with Crippen molar-refractivity contribution in [1.82, 2.24) is 16.0 Å². The largest absolute Gasteiger partial charge is 0.491 e. The van der Waals surface area contributed by atoms with E-state index in [2.05, 4.69) is 16.0 Å². The summed E-state index contributed by atoms with van der Waals surface area (Å²) in [7, 11) is 0. The minimum atomic E-state index is -0.825. The average molecular weight is 500 g/mol. The molecule has 0 aliphatic carbocycles. The average Bonchev–Trinajstić information content (AvgIpc) is 2.80. The number of ether oxygens (including phenoxy) is 1. The third-order valence-electron chi connectivity index (χ3n) is 5.88. The third-order valence-corrected chi connectivity index (χ3v) is 6.11. The lowest BCUT2D eigenvalue weighted by Gasteiger charge is -2.27. The highest BCUT2D eigenvalue weighted by atomic mass is 35.5. The molecule has 0 radical (unpaired) electrons. The van der Waals surface area contributed by atoms with E-state index in [4.69, 9.17) is 16.3 Å². The highest BCUT2D eigenvalue weighted by Gasteiger charge is 2.31. The van der Waals surface area contributed by atoms with Crippen LogP contribution in [0, 0.1) is 11.8 Å². The van der Waals surface area contributed by atoms with Crippen molar-refractivity contribution in [2.75, 3.05) is 6.61 Å². The summed E-state index contributed by atoms with van der Waals surface area (Å²) in [5.74, 6) is -0.855. The second kappa shape index (κ2) is 12.1. The minimum Gasteiger partial charge on any atom is -0.491 e. The van der Waals surface area contributed by atoms with E-state index in [-0.39, 0.29) is 29.9 Å². The van der Waals surface area contributed by atoms with Crippen LogP contribution in [0.3, 0.4) is 0 Å². The highest BCUT2D eigenvalue weighted by molar-refractivity contribution is 6.30. The van der Waals surface area contributed by atoms with Crippen molar-refractivity contribution in [3.63, 3.8) is 0 Å². The molecule has 0 unspecified atom stereocenters. The van der Waals surface area contributed by atoms with Crippen LogP contribution in [-0.4, -0.2) is 42.5 Å². The van der Waals surface area contributed by atoms with Gasteiger partial charge in [-0.25, -0.2) is 0 Å². The number of halogens is 1. The standard InChI is InChI=1S/C27H34ClN3O4/c1-16(2)12-22-26(33)29-20(13-18-8-6-5-7-9-18)15-35-23-14-19(28)10-11-21(23)25(32)31-24(17(3)4)27(34)30-22/h5-11,14,16-17,20,22,24H,12-13,15H2,1-4H3,(H,29,33)(H,30,34)(H,31,32)/t20-,22+,24+/m1/s1. The van der Waals surface area contributed by atoms with Crippen molar-refractivity contribution in [2.45, 2.75) is 58.7 Å². The molecule has 3 N–H and O–H groups in total. The molecule has 3 atom stereocenters. The number of rotatable bonds is 5. The van der Waals surface area contributed by atoms with Gasteiger partial charge in [-0.15, -0.1) is 0 Å². The number of carbonyl (C=O) groups is 3. The van der Waals surface area contributed by atoms with Gasteiger partial charge in [-0.3, -0.25) is 14.4 Å². The predicted molar refractivity (Wildman–Crippen MR) is 137 cm³/mol. The molecule has 188 valence electrons. The van der Waals surface area contributed by atoms with Gasteiger partial charge in [0.15, 0.2) is 0 Å². The summed E-state index contributed by atoms with van der Waals surface area (Å²) in [5.41, 5.74) is 1.30. The minimum absolute atomic E-state index is 0.122. The lowest BCUT2D eigenvalue weighted by atomic mass is 9.99. The van der Waals surface area contributed by atoms with Gasteiger partial charge in [0.25, 0.3) is 5.91 Å². The number of nitrogens with one attached hydrogen (secondary N) is 3. The zero-order chi connectivity index (χ0) is 25.5. The van der Waals surface area contributed by atoms with Gasteiger partial charge in [0.1, 0.15) is 24.4 Å². The van der Waals surface area contributed by atoms with E-state index in [0.29, 0.717) is 23.6 Å². The SMILES string of the molecule is CC(C)C[C@@H]1NC(=O)[C@H](C(C)C)NC(=O)c2ccc(Cl)cc2OC[C@@H](Cc2ccccc2)NC1=O. The summed E-state index contributed by atoms with van der Waals surface area (Å²) in [6, 6.07) is 12.6.